The largest absolute Gasteiger partial charge is 0.393 e. The van der Waals surface area contributed by atoms with E-state index < -0.39 is 0 Å². The number of unbranched alkanes of at least 4 members (excludes halogenated alkanes) is 1. The van der Waals surface area contributed by atoms with E-state index in [-0.39, 0.29) is 42.2 Å². The summed E-state index contributed by atoms with van der Waals surface area (Å²) in [4.78, 5) is 2.30. The third-order valence-corrected chi connectivity index (χ3v) is 11.5. The zero-order valence-corrected chi connectivity index (χ0v) is 41.8. The lowest BCUT2D eigenvalue weighted by atomic mass is 9.79. The van der Waals surface area contributed by atoms with Crippen LogP contribution in [0.2, 0.25) is 0 Å². The summed E-state index contributed by atoms with van der Waals surface area (Å²) in [5, 5.41) is 10.9. The maximum Gasteiger partial charge on any atom is 0.116 e. The molecule has 4 rings (SSSR count). The zero-order valence-electron chi connectivity index (χ0n) is 41.8. The number of benzene rings is 1. The van der Waals surface area contributed by atoms with Gasteiger partial charge in [-0.2, -0.15) is 0 Å². The molecular weight excluding hydrogens is 715 g/mol. The van der Waals surface area contributed by atoms with Gasteiger partial charge in [-0.1, -0.05) is 170 Å². The Morgan fingerprint density at radius 2 is 1.40 bits per heavy atom. The highest BCUT2D eigenvalue weighted by Crippen LogP contribution is 2.42. The summed E-state index contributed by atoms with van der Waals surface area (Å²) in [6.45, 7) is 45.9. The van der Waals surface area contributed by atoms with Crippen LogP contribution >= 0.6 is 0 Å². The van der Waals surface area contributed by atoms with Crippen molar-refractivity contribution < 1.29 is 19.3 Å². The SMILES string of the molecule is C#C.C=C([C@H](C)C[C@@H](O)CC[C@@H]1O[C@@H](CCCC)CC1=C)[C@H](C)C[C@@H]1O[C@H](C[C@H]2CN(C)C(C)(C)O2)[C@H](C)[C@H]1CC.CC.CC.CC.CCC.Cc1ccc(C)cc1. The van der Waals surface area contributed by atoms with Gasteiger partial charge in [-0.3, -0.25) is 4.90 Å². The van der Waals surface area contributed by atoms with Gasteiger partial charge < -0.3 is 19.3 Å². The maximum absolute atomic E-state index is 10.9. The molecule has 5 heteroatoms. The number of ether oxygens (including phenoxy) is 3. The van der Waals surface area contributed by atoms with Gasteiger partial charge in [-0.15, -0.1) is 12.8 Å². The van der Waals surface area contributed by atoms with Crippen molar-refractivity contribution in [1.29, 1.82) is 0 Å². The molecule has 3 aliphatic rings. The van der Waals surface area contributed by atoms with E-state index in [2.05, 4.69) is 138 Å². The molecule has 10 atom stereocenters. The molecular formula is C53H99NO4. The van der Waals surface area contributed by atoms with Crippen LogP contribution < -0.4 is 0 Å². The molecule has 0 unspecified atom stereocenters. The molecule has 1 N–H and O–H groups in total. The predicted octanol–water partition coefficient (Wildman–Crippen LogP) is 14.6. The highest BCUT2D eigenvalue weighted by Gasteiger charge is 2.45. The van der Waals surface area contributed by atoms with E-state index in [4.69, 9.17) is 14.2 Å². The van der Waals surface area contributed by atoms with Crippen molar-refractivity contribution in [3.8, 4) is 12.8 Å². The Kier molecular flexibility index (Phi) is 36.2. The Hall–Kier alpha value is -1.94. The average Bonchev–Trinajstić information content (AvgIpc) is 3.82. The standard InChI is InChI=1S/C34H61NO4.C8H10.C3H8.3C2H6.C2H2/c1-11-13-14-28-18-24(5)31(37-28)16-15-27(36)17-22(3)25(6)23(4)19-33-30(12-2)26(7)32(38-33)20-29-21-35(10)34(8,9)39-29;1-7-3-5-8(2)6-4-7;1-3-2;4*1-2/h22-23,26-33,36H,5-6,11-21H2,1-4,7-10H3;3-6H,1-2H3;3H2,1-2H3;3*1-2H3;1-2H/t22-,23-,26-,27+,28+,29+,30-,31+,32-,33+;;;;;;/m1....../s1. The maximum atomic E-state index is 10.9. The summed E-state index contributed by atoms with van der Waals surface area (Å²) in [6.07, 6.45) is 20.1. The number of likely N-dealkylation sites (N-methyl/N-ethyl adjacent to an activating group) is 1. The highest BCUT2D eigenvalue weighted by atomic mass is 16.5. The molecule has 0 aliphatic carbocycles. The van der Waals surface area contributed by atoms with Crippen LogP contribution in [0.25, 0.3) is 0 Å². The molecule has 3 aliphatic heterocycles. The number of allylic oxidation sites excluding steroid dienone is 1. The Balaban J connectivity index is -0.00000133. The van der Waals surface area contributed by atoms with Gasteiger partial charge in [-0.05, 0) is 103 Å². The molecule has 0 amide bonds. The van der Waals surface area contributed by atoms with Crippen LogP contribution in [-0.4, -0.2) is 65.9 Å². The molecule has 0 aromatic heterocycles. The molecule has 0 spiro atoms. The van der Waals surface area contributed by atoms with Crippen molar-refractivity contribution in [3.05, 3.63) is 59.7 Å². The van der Waals surface area contributed by atoms with Crippen LogP contribution in [0.1, 0.15) is 186 Å². The van der Waals surface area contributed by atoms with Gasteiger partial charge in [0.15, 0.2) is 0 Å². The third-order valence-electron chi connectivity index (χ3n) is 11.5. The first-order valence-electron chi connectivity index (χ1n) is 23.7. The Bertz CT molecular complexity index is 1140. The Morgan fingerprint density at radius 1 is 0.879 bits per heavy atom. The lowest BCUT2D eigenvalue weighted by molar-refractivity contribution is -0.0836. The van der Waals surface area contributed by atoms with E-state index in [1.54, 1.807) is 0 Å². The molecule has 58 heavy (non-hydrogen) atoms. The summed E-state index contributed by atoms with van der Waals surface area (Å²) >= 11 is 0. The monoisotopic (exact) mass is 814 g/mol. The van der Waals surface area contributed by atoms with Crippen LogP contribution in [-0.2, 0) is 14.2 Å². The predicted molar refractivity (Wildman–Crippen MR) is 258 cm³/mol. The molecule has 5 nitrogen and oxygen atoms in total. The first-order valence-corrected chi connectivity index (χ1v) is 23.7. The number of rotatable bonds is 15. The van der Waals surface area contributed by atoms with E-state index in [9.17, 15) is 5.11 Å². The average molecular weight is 814 g/mol. The Morgan fingerprint density at radius 3 is 1.84 bits per heavy atom. The number of hydrogen-bond donors (Lipinski definition) is 1. The minimum Gasteiger partial charge on any atom is -0.393 e. The number of aryl methyl sites for hydroxylation is 2. The number of aliphatic hydroxyl groups is 1. The van der Waals surface area contributed by atoms with Crippen molar-refractivity contribution in [3.63, 3.8) is 0 Å². The fourth-order valence-electron chi connectivity index (χ4n) is 7.96. The topological polar surface area (TPSA) is 51.2 Å². The van der Waals surface area contributed by atoms with Crippen molar-refractivity contribution in [1.82, 2.24) is 4.90 Å². The number of nitrogens with zero attached hydrogens (tertiary/aromatic N) is 1. The molecule has 3 saturated heterocycles. The zero-order chi connectivity index (χ0) is 45.6. The lowest BCUT2D eigenvalue weighted by Gasteiger charge is -2.27. The number of terminal acetylenes is 1. The van der Waals surface area contributed by atoms with Gasteiger partial charge in [0, 0.05) is 13.0 Å². The second kappa shape index (κ2) is 34.7. The summed E-state index contributed by atoms with van der Waals surface area (Å²) in [7, 11) is 2.14. The Labute approximate surface area is 363 Å². The van der Waals surface area contributed by atoms with Crippen LogP contribution in [0.5, 0.6) is 0 Å². The smallest absolute Gasteiger partial charge is 0.116 e. The number of aliphatic hydroxyl groups excluding tert-OH is 1. The normalized spacial score (nSPS) is 25.7. The van der Waals surface area contributed by atoms with Crippen molar-refractivity contribution in [2.75, 3.05) is 13.6 Å². The molecule has 1 aromatic rings. The molecule has 3 fully saturated rings. The molecule has 0 radical (unpaired) electrons. The van der Waals surface area contributed by atoms with E-state index in [0.717, 1.165) is 57.9 Å². The fourth-order valence-corrected chi connectivity index (χ4v) is 7.96. The van der Waals surface area contributed by atoms with Crippen LogP contribution in [0.3, 0.4) is 0 Å². The van der Waals surface area contributed by atoms with Gasteiger partial charge in [0.1, 0.15) is 5.72 Å². The summed E-state index contributed by atoms with van der Waals surface area (Å²) in [6, 6.07) is 8.48. The van der Waals surface area contributed by atoms with E-state index >= 15 is 0 Å². The second-order valence-corrected chi connectivity index (χ2v) is 16.6. The van der Waals surface area contributed by atoms with Gasteiger partial charge in [0.05, 0.1) is 36.6 Å². The van der Waals surface area contributed by atoms with Gasteiger partial charge in [0.2, 0.25) is 0 Å². The van der Waals surface area contributed by atoms with Gasteiger partial charge >= 0.3 is 0 Å². The van der Waals surface area contributed by atoms with Gasteiger partial charge in [-0.25, -0.2) is 0 Å². The minimum absolute atomic E-state index is 0.112. The first-order chi connectivity index (χ1) is 27.6. The number of hydrogen-bond acceptors (Lipinski definition) is 5. The van der Waals surface area contributed by atoms with E-state index in [1.165, 1.54) is 41.5 Å². The highest BCUT2D eigenvalue weighted by molar-refractivity contribution is 5.19. The summed E-state index contributed by atoms with van der Waals surface area (Å²) in [5.74, 6) is 1.74. The van der Waals surface area contributed by atoms with Crippen molar-refractivity contribution in [2.24, 2.45) is 23.7 Å². The van der Waals surface area contributed by atoms with E-state index in [0.29, 0.717) is 23.9 Å². The summed E-state index contributed by atoms with van der Waals surface area (Å²) < 4.78 is 19.3. The molecule has 0 bridgehead atoms. The van der Waals surface area contributed by atoms with E-state index in [1.807, 2.05) is 41.5 Å². The van der Waals surface area contributed by atoms with Crippen LogP contribution in [0, 0.1) is 50.4 Å². The van der Waals surface area contributed by atoms with Crippen molar-refractivity contribution >= 4 is 0 Å². The third kappa shape index (κ3) is 22.6. The lowest BCUT2D eigenvalue weighted by Crippen LogP contribution is -2.35. The van der Waals surface area contributed by atoms with Crippen LogP contribution in [0.4, 0.5) is 0 Å². The van der Waals surface area contributed by atoms with Crippen LogP contribution in [0.15, 0.2) is 48.6 Å². The molecule has 3 heterocycles. The molecule has 1 aromatic carbocycles. The van der Waals surface area contributed by atoms with Gasteiger partial charge in [0.25, 0.3) is 0 Å². The quantitative estimate of drug-likeness (QED) is 0.141. The second-order valence-electron chi connectivity index (χ2n) is 16.6. The summed E-state index contributed by atoms with van der Waals surface area (Å²) in [5.41, 5.74) is 4.91. The molecule has 340 valence electrons. The van der Waals surface area contributed by atoms with Crippen molar-refractivity contribution in [2.45, 2.75) is 231 Å². The minimum atomic E-state index is -0.334. The fraction of sp³-hybridized carbons (Fsp3) is 0.774. The first kappa shape index (κ1) is 60.4. The molecule has 0 saturated carbocycles.